The van der Waals surface area contributed by atoms with E-state index in [0.29, 0.717) is 0 Å². The van der Waals surface area contributed by atoms with Crippen molar-refractivity contribution in [2.45, 2.75) is 14.7 Å². The molecule has 0 fully saturated rings. The molecule has 0 saturated carbocycles. The molecule has 0 aromatic heterocycles. The molecule has 0 radical (unpaired) electrons. The van der Waals surface area contributed by atoms with E-state index in [4.69, 9.17) is 12.2 Å². The predicted molar refractivity (Wildman–Crippen MR) is 125 cm³/mol. The van der Waals surface area contributed by atoms with Gasteiger partial charge >= 0.3 is 191 Å². The number of thiol groups is 1. The second-order valence-electron chi connectivity index (χ2n) is 6.72. The Morgan fingerprint density at radius 3 is 1.00 bits per heavy atom. The van der Waals surface area contributed by atoms with Gasteiger partial charge in [-0.1, -0.05) is 0 Å². The van der Waals surface area contributed by atoms with E-state index in [2.05, 4.69) is 0 Å². The summed E-state index contributed by atoms with van der Waals surface area (Å²) < 4.78 is 98.4. The summed E-state index contributed by atoms with van der Waals surface area (Å²) in [4.78, 5) is -1.34. The summed E-state index contributed by atoms with van der Waals surface area (Å²) >= 11 is 4.83. The molecule has 0 spiro atoms. The third-order valence-electron chi connectivity index (χ3n) is 4.65. The zero-order valence-electron chi connectivity index (χ0n) is 15.9. The van der Waals surface area contributed by atoms with Crippen LogP contribution < -0.4 is 15.9 Å². The van der Waals surface area contributed by atoms with E-state index in [1.807, 2.05) is 0 Å². The molecule has 3 aromatic carbocycles. The van der Waals surface area contributed by atoms with Crippen molar-refractivity contribution in [1.29, 1.82) is 0 Å². The first kappa shape index (κ1) is 24.8. The van der Waals surface area contributed by atoms with Crippen LogP contribution in [0.2, 0.25) is 0 Å². The summed E-state index contributed by atoms with van der Waals surface area (Å²) in [5, 5.41) is 0.780. The fraction of sp³-hybridized carbons (Fsp3) is 0. The van der Waals surface area contributed by atoms with Gasteiger partial charge in [0.25, 0.3) is 0 Å². The molecule has 0 aliphatic carbocycles. The maximum atomic E-state index is 11.7. The SMILES string of the molecule is O=S(=O)(O)c1cccc([PH](S)(c2cccc(S(=O)(=O)O)c2)c2cccc(S(=O)(=O)O)c2)c1. The van der Waals surface area contributed by atoms with Crippen molar-refractivity contribution in [3.05, 3.63) is 72.8 Å². The minimum absolute atomic E-state index is 0.260. The van der Waals surface area contributed by atoms with Gasteiger partial charge in [-0.3, -0.25) is 0 Å². The van der Waals surface area contributed by atoms with Gasteiger partial charge in [0.1, 0.15) is 0 Å². The molecule has 0 amide bonds. The Morgan fingerprint density at radius 1 is 0.531 bits per heavy atom. The molecule has 32 heavy (non-hydrogen) atoms. The van der Waals surface area contributed by atoms with Crippen LogP contribution in [0.5, 0.6) is 0 Å². The van der Waals surface area contributed by atoms with Crippen molar-refractivity contribution in [3.8, 4) is 0 Å². The van der Waals surface area contributed by atoms with Crippen molar-refractivity contribution in [3.63, 3.8) is 0 Å². The number of hydrogen-bond donors (Lipinski definition) is 4. The molecule has 0 bridgehead atoms. The van der Waals surface area contributed by atoms with Crippen LogP contribution >= 0.6 is 18.7 Å². The molecule has 3 N–H and O–H groups in total. The number of hydrogen-bond acceptors (Lipinski definition) is 7. The average molecular weight is 537 g/mol. The molecule has 3 aromatic rings. The van der Waals surface area contributed by atoms with Crippen LogP contribution in [-0.2, 0) is 30.4 Å². The van der Waals surface area contributed by atoms with Crippen LogP contribution in [0.25, 0.3) is 0 Å². The topological polar surface area (TPSA) is 163 Å². The molecule has 0 heterocycles. The molecule has 0 atom stereocenters. The van der Waals surface area contributed by atoms with E-state index < -0.39 is 51.5 Å². The summed E-state index contributed by atoms with van der Waals surface area (Å²) in [6.45, 7) is -3.64. The molecule has 3 rings (SSSR count). The Labute approximate surface area is 190 Å². The fourth-order valence-electron chi connectivity index (χ4n) is 3.14. The maximum absolute atomic E-state index is 11.7. The predicted octanol–water partition coefficient (Wildman–Crippen LogP) is 1.30. The van der Waals surface area contributed by atoms with Gasteiger partial charge in [-0.05, 0) is 0 Å². The van der Waals surface area contributed by atoms with Gasteiger partial charge in [0.2, 0.25) is 0 Å². The van der Waals surface area contributed by atoms with Gasteiger partial charge in [-0.15, -0.1) is 0 Å². The Kier molecular flexibility index (Phi) is 6.59. The minimum atomic E-state index is -4.60. The van der Waals surface area contributed by atoms with Gasteiger partial charge in [0.05, 0.1) is 0 Å². The summed E-state index contributed by atoms with van der Waals surface area (Å²) in [6.07, 6.45) is 0. The summed E-state index contributed by atoms with van der Waals surface area (Å²) in [6, 6.07) is 15.4. The van der Waals surface area contributed by atoms with E-state index in [0.717, 1.165) is 36.4 Å². The molecular weight excluding hydrogens is 519 g/mol. The van der Waals surface area contributed by atoms with Crippen LogP contribution in [0.1, 0.15) is 0 Å². The normalized spacial score (nSPS) is 13.6. The molecule has 0 saturated heterocycles. The summed E-state index contributed by atoms with van der Waals surface area (Å²) in [7, 11) is -13.8. The van der Waals surface area contributed by atoms with Crippen LogP contribution in [0.3, 0.4) is 0 Å². The van der Waals surface area contributed by atoms with Gasteiger partial charge in [0, 0.05) is 0 Å². The standard InChI is InChI=1S/C18H17O9PS4/c19-30(20,21)16-7-1-4-13(10-16)28(29,14-5-2-8-17(11-14)31(22,23)24)15-6-3-9-18(12-15)32(25,26)27/h1-12,28-29H,(H,19,20,21)(H,22,23,24)(H,25,26,27). The van der Waals surface area contributed by atoms with Crippen molar-refractivity contribution in [2.24, 2.45) is 0 Å². The molecule has 0 aliphatic rings. The molecular formula is C18H17O9PS4. The Morgan fingerprint density at radius 2 is 0.781 bits per heavy atom. The summed E-state index contributed by atoms with van der Waals surface area (Å²) in [5.41, 5.74) is 0. The Balaban J connectivity index is 2.41. The number of rotatable bonds is 6. The third-order valence-corrected chi connectivity index (χ3v) is 13.0. The zero-order chi connectivity index (χ0) is 23.9. The van der Waals surface area contributed by atoms with Crippen molar-refractivity contribution >= 4 is 65.0 Å². The molecule has 0 aliphatic heterocycles. The van der Waals surface area contributed by atoms with Crippen LogP contribution in [0.15, 0.2) is 87.5 Å². The zero-order valence-corrected chi connectivity index (χ0v) is 20.2. The second-order valence-corrected chi connectivity index (χ2v) is 16.1. The average Bonchev–Trinajstić information content (AvgIpc) is 2.71. The van der Waals surface area contributed by atoms with E-state index in [1.54, 1.807) is 0 Å². The molecule has 14 heteroatoms. The van der Waals surface area contributed by atoms with E-state index in [-0.39, 0.29) is 15.9 Å². The fourth-order valence-corrected chi connectivity index (χ4v) is 9.40. The van der Waals surface area contributed by atoms with Crippen molar-refractivity contribution < 1.29 is 38.9 Å². The first-order valence-corrected chi connectivity index (χ1v) is 16.2. The van der Waals surface area contributed by atoms with Crippen LogP contribution in [0.4, 0.5) is 0 Å². The number of benzene rings is 3. The van der Waals surface area contributed by atoms with Crippen molar-refractivity contribution in [1.82, 2.24) is 0 Å². The molecule has 0 unspecified atom stereocenters. The van der Waals surface area contributed by atoms with Gasteiger partial charge in [-0.2, -0.15) is 0 Å². The summed E-state index contributed by atoms with van der Waals surface area (Å²) in [5.74, 6) is 0. The van der Waals surface area contributed by atoms with E-state index in [9.17, 15) is 38.9 Å². The van der Waals surface area contributed by atoms with Crippen LogP contribution in [0, 0.1) is 0 Å². The quantitative estimate of drug-likeness (QED) is 0.207. The second kappa shape index (κ2) is 8.50. The first-order chi connectivity index (χ1) is 14.6. The van der Waals surface area contributed by atoms with Crippen molar-refractivity contribution in [2.75, 3.05) is 0 Å². The van der Waals surface area contributed by atoms with Gasteiger partial charge in [0.15, 0.2) is 0 Å². The van der Waals surface area contributed by atoms with E-state index >= 15 is 0 Å². The van der Waals surface area contributed by atoms with Crippen LogP contribution in [-0.4, -0.2) is 38.9 Å². The first-order valence-electron chi connectivity index (χ1n) is 8.60. The monoisotopic (exact) mass is 536 g/mol. The third kappa shape index (κ3) is 5.05. The molecule has 172 valence electrons. The Bertz CT molecular complexity index is 1330. The Hall–Kier alpha value is -1.83. The molecule has 9 nitrogen and oxygen atoms in total. The van der Waals surface area contributed by atoms with Gasteiger partial charge < -0.3 is 0 Å². The van der Waals surface area contributed by atoms with E-state index in [1.165, 1.54) is 36.4 Å². The van der Waals surface area contributed by atoms with Gasteiger partial charge in [-0.25, -0.2) is 0 Å².